The lowest BCUT2D eigenvalue weighted by atomic mass is 10.1. The van der Waals surface area contributed by atoms with Gasteiger partial charge in [-0.3, -0.25) is 0 Å². The van der Waals surface area contributed by atoms with Crippen molar-refractivity contribution in [1.82, 2.24) is 4.98 Å². The number of rotatable bonds is 6. The van der Waals surface area contributed by atoms with Crippen molar-refractivity contribution in [3.05, 3.63) is 36.0 Å². The minimum Gasteiger partial charge on any atom is -0.392 e. The summed E-state index contributed by atoms with van der Waals surface area (Å²) in [6.45, 7) is 8.65. The molecule has 2 rings (SSSR count). The Balaban J connectivity index is 2.48. The molecule has 1 atom stereocenters. The minimum absolute atomic E-state index is 0.0330. The Morgan fingerprint density at radius 2 is 1.90 bits per heavy atom. The summed E-state index contributed by atoms with van der Waals surface area (Å²) in [4.78, 5) is 6.93. The number of pyridine rings is 1. The normalized spacial score (nSPS) is 12.6. The molecule has 1 aromatic carbocycles. The van der Waals surface area contributed by atoms with Crippen LogP contribution in [0.25, 0.3) is 10.8 Å². The van der Waals surface area contributed by atoms with Crippen LogP contribution in [0.2, 0.25) is 0 Å². The van der Waals surface area contributed by atoms with E-state index in [1.54, 1.807) is 6.20 Å². The topological polar surface area (TPSA) is 36.4 Å². The molecule has 1 N–H and O–H groups in total. The van der Waals surface area contributed by atoms with Gasteiger partial charge >= 0.3 is 0 Å². The number of hydrogen-bond acceptors (Lipinski definition) is 3. The molecular formula is C17H24N2O. The minimum atomic E-state index is 0.0330. The van der Waals surface area contributed by atoms with Gasteiger partial charge in [-0.1, -0.05) is 44.5 Å². The molecule has 2 aromatic rings. The average Bonchev–Trinajstić information content (AvgIpc) is 2.51. The molecule has 1 aromatic heterocycles. The maximum atomic E-state index is 9.45. The summed E-state index contributed by atoms with van der Waals surface area (Å²) >= 11 is 0. The quantitative estimate of drug-likeness (QED) is 0.873. The predicted octanol–water partition coefficient (Wildman–Crippen LogP) is 3.60. The van der Waals surface area contributed by atoms with Crippen LogP contribution in [-0.4, -0.2) is 23.2 Å². The highest BCUT2D eigenvalue weighted by Gasteiger charge is 2.14. The third-order valence-electron chi connectivity index (χ3n) is 3.94. The van der Waals surface area contributed by atoms with Crippen molar-refractivity contribution in [2.75, 3.05) is 18.0 Å². The van der Waals surface area contributed by atoms with Crippen LogP contribution < -0.4 is 4.90 Å². The summed E-state index contributed by atoms with van der Waals surface area (Å²) < 4.78 is 0. The van der Waals surface area contributed by atoms with Crippen LogP contribution in [0.1, 0.15) is 32.8 Å². The third-order valence-corrected chi connectivity index (χ3v) is 3.94. The molecule has 20 heavy (non-hydrogen) atoms. The van der Waals surface area contributed by atoms with Crippen molar-refractivity contribution >= 4 is 16.6 Å². The van der Waals surface area contributed by atoms with E-state index in [1.807, 2.05) is 12.1 Å². The second-order valence-corrected chi connectivity index (χ2v) is 5.36. The SMILES string of the molecule is CCC(C)CN(CC)c1ncc(CO)c2ccccc12. The van der Waals surface area contributed by atoms with E-state index in [2.05, 4.69) is 42.8 Å². The molecule has 0 aliphatic heterocycles. The Bertz CT molecular complexity index is 568. The van der Waals surface area contributed by atoms with Gasteiger partial charge in [0, 0.05) is 30.2 Å². The van der Waals surface area contributed by atoms with Gasteiger partial charge in [0.25, 0.3) is 0 Å². The van der Waals surface area contributed by atoms with Crippen LogP contribution in [0, 0.1) is 5.92 Å². The highest BCUT2D eigenvalue weighted by Crippen LogP contribution is 2.27. The second kappa shape index (κ2) is 6.71. The molecule has 108 valence electrons. The van der Waals surface area contributed by atoms with E-state index in [0.29, 0.717) is 5.92 Å². The van der Waals surface area contributed by atoms with Gasteiger partial charge in [-0.05, 0) is 18.2 Å². The lowest BCUT2D eigenvalue weighted by molar-refractivity contribution is 0.283. The first-order chi connectivity index (χ1) is 9.71. The fourth-order valence-electron chi connectivity index (χ4n) is 2.48. The molecule has 0 radical (unpaired) electrons. The average molecular weight is 272 g/mol. The lowest BCUT2D eigenvalue weighted by Crippen LogP contribution is -2.29. The second-order valence-electron chi connectivity index (χ2n) is 5.36. The molecule has 0 aliphatic carbocycles. The summed E-state index contributed by atoms with van der Waals surface area (Å²) in [5, 5.41) is 11.7. The standard InChI is InChI=1S/C17H24N2O/c1-4-13(3)11-19(5-2)17-16-9-7-6-8-15(16)14(12-20)10-18-17/h6-10,13,20H,4-5,11-12H2,1-3H3. The smallest absolute Gasteiger partial charge is 0.136 e. The third kappa shape index (κ3) is 2.93. The van der Waals surface area contributed by atoms with Crippen LogP contribution >= 0.6 is 0 Å². The molecule has 0 aliphatic rings. The summed E-state index contributed by atoms with van der Waals surface area (Å²) in [7, 11) is 0. The number of aliphatic hydroxyl groups excluding tert-OH is 1. The summed E-state index contributed by atoms with van der Waals surface area (Å²) in [6.07, 6.45) is 2.97. The Labute approximate surface area is 121 Å². The Kier molecular flexibility index (Phi) is 4.96. The van der Waals surface area contributed by atoms with Crippen LogP contribution in [-0.2, 0) is 6.61 Å². The van der Waals surface area contributed by atoms with Gasteiger partial charge in [-0.25, -0.2) is 4.98 Å². The number of anilines is 1. The van der Waals surface area contributed by atoms with Crippen LogP contribution in [0.15, 0.2) is 30.5 Å². The van der Waals surface area contributed by atoms with Gasteiger partial charge in [0.1, 0.15) is 5.82 Å². The molecular weight excluding hydrogens is 248 g/mol. The van der Waals surface area contributed by atoms with E-state index in [-0.39, 0.29) is 6.61 Å². The maximum Gasteiger partial charge on any atom is 0.136 e. The molecule has 0 fully saturated rings. The molecule has 0 saturated carbocycles. The highest BCUT2D eigenvalue weighted by molar-refractivity contribution is 5.94. The van der Waals surface area contributed by atoms with Crippen molar-refractivity contribution < 1.29 is 5.11 Å². The number of aliphatic hydroxyl groups is 1. The van der Waals surface area contributed by atoms with Gasteiger partial charge in [0.2, 0.25) is 0 Å². The van der Waals surface area contributed by atoms with E-state index in [0.717, 1.165) is 35.2 Å². The molecule has 0 spiro atoms. The van der Waals surface area contributed by atoms with Gasteiger partial charge in [-0.2, -0.15) is 0 Å². The number of aromatic nitrogens is 1. The molecule has 3 nitrogen and oxygen atoms in total. The van der Waals surface area contributed by atoms with E-state index in [9.17, 15) is 5.11 Å². The van der Waals surface area contributed by atoms with Crippen molar-refractivity contribution in [3.8, 4) is 0 Å². The summed E-state index contributed by atoms with van der Waals surface area (Å²) in [6, 6.07) is 8.20. The Morgan fingerprint density at radius 1 is 1.20 bits per heavy atom. The first-order valence-corrected chi connectivity index (χ1v) is 7.43. The zero-order valence-corrected chi connectivity index (χ0v) is 12.6. The van der Waals surface area contributed by atoms with E-state index in [4.69, 9.17) is 0 Å². The number of nitrogens with zero attached hydrogens (tertiary/aromatic N) is 2. The van der Waals surface area contributed by atoms with E-state index >= 15 is 0 Å². The summed E-state index contributed by atoms with van der Waals surface area (Å²) in [5.41, 5.74) is 0.893. The number of fused-ring (bicyclic) bond motifs is 1. The van der Waals surface area contributed by atoms with Gasteiger partial charge in [0.05, 0.1) is 6.61 Å². The zero-order chi connectivity index (χ0) is 14.5. The van der Waals surface area contributed by atoms with Crippen molar-refractivity contribution in [3.63, 3.8) is 0 Å². The first kappa shape index (κ1) is 14.8. The molecule has 0 amide bonds. The monoisotopic (exact) mass is 272 g/mol. The molecule has 3 heteroatoms. The number of hydrogen-bond donors (Lipinski definition) is 1. The fraction of sp³-hybridized carbons (Fsp3) is 0.471. The Morgan fingerprint density at radius 3 is 2.50 bits per heavy atom. The summed E-state index contributed by atoms with van der Waals surface area (Å²) in [5.74, 6) is 1.67. The molecule has 0 saturated heterocycles. The van der Waals surface area contributed by atoms with Crippen LogP contribution in [0.4, 0.5) is 5.82 Å². The van der Waals surface area contributed by atoms with Crippen LogP contribution in [0.3, 0.4) is 0 Å². The lowest BCUT2D eigenvalue weighted by Gasteiger charge is -2.26. The van der Waals surface area contributed by atoms with Crippen molar-refractivity contribution in [2.24, 2.45) is 5.92 Å². The predicted molar refractivity (Wildman–Crippen MR) is 85.0 cm³/mol. The van der Waals surface area contributed by atoms with E-state index in [1.165, 1.54) is 6.42 Å². The van der Waals surface area contributed by atoms with Gasteiger partial charge in [-0.15, -0.1) is 0 Å². The highest BCUT2D eigenvalue weighted by atomic mass is 16.3. The largest absolute Gasteiger partial charge is 0.392 e. The van der Waals surface area contributed by atoms with Crippen molar-refractivity contribution in [1.29, 1.82) is 0 Å². The van der Waals surface area contributed by atoms with Gasteiger partial charge < -0.3 is 10.0 Å². The number of benzene rings is 1. The zero-order valence-electron chi connectivity index (χ0n) is 12.6. The fourth-order valence-corrected chi connectivity index (χ4v) is 2.48. The van der Waals surface area contributed by atoms with Gasteiger partial charge in [0.15, 0.2) is 0 Å². The molecule has 0 bridgehead atoms. The van der Waals surface area contributed by atoms with Crippen molar-refractivity contribution in [2.45, 2.75) is 33.8 Å². The maximum absolute atomic E-state index is 9.45. The van der Waals surface area contributed by atoms with Crippen LogP contribution in [0.5, 0.6) is 0 Å². The van der Waals surface area contributed by atoms with E-state index < -0.39 is 0 Å². The molecule has 1 heterocycles. The Hall–Kier alpha value is -1.61. The first-order valence-electron chi connectivity index (χ1n) is 7.43. The molecule has 1 unspecified atom stereocenters.